The first-order valence-corrected chi connectivity index (χ1v) is 8.41. The van der Waals surface area contributed by atoms with Crippen LogP contribution in [0.3, 0.4) is 0 Å². The molecule has 22 heavy (non-hydrogen) atoms. The van der Waals surface area contributed by atoms with Gasteiger partial charge in [0.1, 0.15) is 5.15 Å². The predicted molar refractivity (Wildman–Crippen MR) is 90.2 cm³/mol. The minimum atomic E-state index is 0.571. The molecule has 1 atom stereocenters. The molecule has 1 aliphatic heterocycles. The molecule has 0 aromatic carbocycles. The highest BCUT2D eigenvalue weighted by atomic mass is 35.5. The van der Waals surface area contributed by atoms with Gasteiger partial charge in [0.25, 0.3) is 0 Å². The fraction of sp³-hybridized carbons (Fsp3) is 0.625. The van der Waals surface area contributed by atoms with Crippen LogP contribution < -0.4 is 5.32 Å². The van der Waals surface area contributed by atoms with Crippen molar-refractivity contribution in [3.05, 3.63) is 22.5 Å². The van der Waals surface area contributed by atoms with Gasteiger partial charge in [0.2, 0.25) is 0 Å². The van der Waals surface area contributed by atoms with Gasteiger partial charge in [-0.25, -0.2) is 4.98 Å². The van der Waals surface area contributed by atoms with Gasteiger partial charge in [-0.2, -0.15) is 5.10 Å². The first-order chi connectivity index (χ1) is 10.6. The molecule has 1 unspecified atom stereocenters. The van der Waals surface area contributed by atoms with E-state index in [0.29, 0.717) is 11.2 Å². The molecule has 0 bridgehead atoms. The van der Waals surface area contributed by atoms with Gasteiger partial charge >= 0.3 is 0 Å². The number of halogens is 1. The molecule has 0 saturated carbocycles. The fourth-order valence-electron chi connectivity index (χ4n) is 3.40. The van der Waals surface area contributed by atoms with E-state index in [1.165, 1.54) is 19.4 Å². The molecule has 2 aromatic rings. The van der Waals surface area contributed by atoms with Gasteiger partial charge < -0.3 is 5.32 Å². The molecule has 0 spiro atoms. The summed E-state index contributed by atoms with van der Waals surface area (Å²) in [5, 5.41) is 9.61. The van der Waals surface area contributed by atoms with E-state index in [-0.39, 0.29) is 0 Å². The molecule has 1 aliphatic rings. The average Bonchev–Trinajstić information content (AvgIpc) is 3.05. The van der Waals surface area contributed by atoms with E-state index in [1.54, 1.807) is 4.68 Å². The van der Waals surface area contributed by atoms with Crippen molar-refractivity contribution in [3.63, 3.8) is 0 Å². The highest BCUT2D eigenvalue weighted by Crippen LogP contribution is 2.23. The van der Waals surface area contributed by atoms with Crippen molar-refractivity contribution < 1.29 is 0 Å². The van der Waals surface area contributed by atoms with Gasteiger partial charge in [-0.3, -0.25) is 9.58 Å². The van der Waals surface area contributed by atoms with Crippen LogP contribution in [0.15, 0.2) is 6.07 Å². The molecule has 3 rings (SSSR count). The average molecular weight is 322 g/mol. The molecule has 6 heteroatoms. The zero-order valence-corrected chi connectivity index (χ0v) is 14.3. The Balaban J connectivity index is 1.68. The Morgan fingerprint density at radius 3 is 3.05 bits per heavy atom. The van der Waals surface area contributed by atoms with E-state index in [9.17, 15) is 0 Å². The van der Waals surface area contributed by atoms with Crippen molar-refractivity contribution >= 4 is 22.6 Å². The first-order valence-electron chi connectivity index (χ1n) is 8.03. The summed E-state index contributed by atoms with van der Waals surface area (Å²) in [7, 11) is 1.90. The van der Waals surface area contributed by atoms with Gasteiger partial charge in [0, 0.05) is 37.1 Å². The van der Waals surface area contributed by atoms with Gasteiger partial charge in [-0.1, -0.05) is 18.5 Å². The molecule has 1 N–H and O–H groups in total. The lowest BCUT2D eigenvalue weighted by Gasteiger charge is -2.23. The lowest BCUT2D eigenvalue weighted by Crippen LogP contribution is -2.37. The second-order valence-electron chi connectivity index (χ2n) is 6.07. The maximum Gasteiger partial charge on any atom is 0.159 e. The Morgan fingerprint density at radius 1 is 1.45 bits per heavy atom. The smallest absolute Gasteiger partial charge is 0.159 e. The maximum absolute atomic E-state index is 6.33. The van der Waals surface area contributed by atoms with Crippen LogP contribution in [0.4, 0.5) is 0 Å². The maximum atomic E-state index is 6.33. The second-order valence-corrected chi connectivity index (χ2v) is 6.43. The fourth-order valence-corrected chi connectivity index (χ4v) is 3.60. The Hall–Kier alpha value is -1.17. The summed E-state index contributed by atoms with van der Waals surface area (Å²) >= 11 is 6.33. The molecule has 2 aromatic heterocycles. The Labute approximate surface area is 136 Å². The van der Waals surface area contributed by atoms with Crippen LogP contribution in [0.25, 0.3) is 11.0 Å². The zero-order valence-electron chi connectivity index (χ0n) is 13.6. The summed E-state index contributed by atoms with van der Waals surface area (Å²) in [5.74, 6) is 0. The lowest BCUT2D eigenvalue weighted by atomic mass is 10.2. The van der Waals surface area contributed by atoms with Crippen LogP contribution in [0.5, 0.6) is 0 Å². The number of hydrogen-bond donors (Lipinski definition) is 1. The number of pyridine rings is 1. The molecule has 0 amide bonds. The molecular formula is C16H24ClN5. The quantitative estimate of drug-likeness (QED) is 0.860. The van der Waals surface area contributed by atoms with Crippen LogP contribution in [-0.4, -0.2) is 45.3 Å². The van der Waals surface area contributed by atoms with Crippen LogP contribution in [0.1, 0.15) is 31.0 Å². The third-order valence-corrected chi connectivity index (χ3v) is 4.95. The molecule has 3 heterocycles. The van der Waals surface area contributed by atoms with Gasteiger partial charge in [-0.15, -0.1) is 0 Å². The van der Waals surface area contributed by atoms with E-state index in [4.69, 9.17) is 11.6 Å². The summed E-state index contributed by atoms with van der Waals surface area (Å²) in [5.41, 5.74) is 2.89. The highest BCUT2D eigenvalue weighted by Gasteiger charge is 2.22. The van der Waals surface area contributed by atoms with Gasteiger partial charge in [0.05, 0.1) is 5.69 Å². The van der Waals surface area contributed by atoms with Gasteiger partial charge in [0.15, 0.2) is 5.65 Å². The van der Waals surface area contributed by atoms with Crippen molar-refractivity contribution in [2.75, 3.05) is 19.6 Å². The Morgan fingerprint density at radius 2 is 2.27 bits per heavy atom. The van der Waals surface area contributed by atoms with Crippen molar-refractivity contribution in [1.29, 1.82) is 0 Å². The molecule has 120 valence electrons. The van der Waals surface area contributed by atoms with Crippen molar-refractivity contribution in [2.24, 2.45) is 7.05 Å². The SMILES string of the molecule is CCN1CCCC1CNCc1cc2c(C)nn(C)c2nc1Cl. The number of likely N-dealkylation sites (tertiary alicyclic amines) is 1. The van der Waals surface area contributed by atoms with E-state index in [0.717, 1.165) is 41.9 Å². The molecule has 1 fully saturated rings. The summed E-state index contributed by atoms with van der Waals surface area (Å²) in [6.45, 7) is 8.37. The molecular weight excluding hydrogens is 298 g/mol. The van der Waals surface area contributed by atoms with Crippen molar-refractivity contribution in [1.82, 2.24) is 25.0 Å². The standard InChI is InChI=1S/C16H24ClN5/c1-4-22-7-5-6-13(22)10-18-9-12-8-14-11(2)20-21(3)16(14)19-15(12)17/h8,13,18H,4-7,9-10H2,1-3H3. The number of likely N-dealkylation sites (N-methyl/N-ethyl adjacent to an activating group) is 1. The molecule has 0 radical (unpaired) electrons. The third kappa shape index (κ3) is 2.98. The third-order valence-electron chi connectivity index (χ3n) is 4.63. The first kappa shape index (κ1) is 15.7. The molecule has 1 saturated heterocycles. The molecule has 0 aliphatic carbocycles. The largest absolute Gasteiger partial charge is 0.311 e. The number of hydrogen-bond acceptors (Lipinski definition) is 4. The number of nitrogens with one attached hydrogen (secondary N) is 1. The number of fused-ring (bicyclic) bond motifs is 1. The Kier molecular flexibility index (Phi) is 4.66. The minimum Gasteiger partial charge on any atom is -0.311 e. The van der Waals surface area contributed by atoms with Gasteiger partial charge in [-0.05, 0) is 38.9 Å². The topological polar surface area (TPSA) is 46.0 Å². The predicted octanol–water partition coefficient (Wildman–Crippen LogP) is 2.50. The number of aryl methyl sites for hydroxylation is 2. The number of rotatable bonds is 5. The summed E-state index contributed by atoms with van der Waals surface area (Å²) in [6, 6.07) is 2.77. The normalized spacial score (nSPS) is 19.4. The van der Waals surface area contributed by atoms with Crippen LogP contribution >= 0.6 is 11.6 Å². The van der Waals surface area contributed by atoms with Crippen LogP contribution in [-0.2, 0) is 13.6 Å². The lowest BCUT2D eigenvalue weighted by molar-refractivity contribution is 0.260. The van der Waals surface area contributed by atoms with Crippen LogP contribution in [0, 0.1) is 6.92 Å². The second kappa shape index (κ2) is 6.52. The Bertz CT molecular complexity index is 666. The number of aromatic nitrogens is 3. The van der Waals surface area contributed by atoms with E-state index >= 15 is 0 Å². The summed E-state index contributed by atoms with van der Waals surface area (Å²) in [6.07, 6.45) is 2.59. The number of nitrogens with zero attached hydrogens (tertiary/aromatic N) is 4. The summed E-state index contributed by atoms with van der Waals surface area (Å²) < 4.78 is 1.78. The monoisotopic (exact) mass is 321 g/mol. The minimum absolute atomic E-state index is 0.571. The summed E-state index contributed by atoms with van der Waals surface area (Å²) in [4.78, 5) is 7.04. The van der Waals surface area contributed by atoms with Crippen LogP contribution in [0.2, 0.25) is 5.15 Å². The highest BCUT2D eigenvalue weighted by molar-refractivity contribution is 6.30. The zero-order chi connectivity index (χ0) is 15.7. The van der Waals surface area contributed by atoms with E-state index in [1.807, 2.05) is 14.0 Å². The van der Waals surface area contributed by atoms with E-state index in [2.05, 4.69) is 33.3 Å². The molecule has 5 nitrogen and oxygen atoms in total. The van der Waals surface area contributed by atoms with Crippen molar-refractivity contribution in [2.45, 2.75) is 39.3 Å². The van der Waals surface area contributed by atoms with Crippen molar-refractivity contribution in [3.8, 4) is 0 Å². The van der Waals surface area contributed by atoms with E-state index < -0.39 is 0 Å².